The molecular formula is C19H18ClN3. The van der Waals surface area contributed by atoms with E-state index in [0.717, 1.165) is 42.3 Å². The van der Waals surface area contributed by atoms with Crippen molar-refractivity contribution >= 4 is 11.6 Å². The molecule has 0 saturated carbocycles. The van der Waals surface area contributed by atoms with Gasteiger partial charge in [-0.05, 0) is 11.6 Å². The molecule has 2 aromatic carbocycles. The van der Waals surface area contributed by atoms with Crippen molar-refractivity contribution < 1.29 is 0 Å². The quantitative estimate of drug-likeness (QED) is 0.779. The molecule has 0 amide bonds. The topological polar surface area (TPSA) is 31.9 Å². The molecule has 23 heavy (non-hydrogen) atoms. The van der Waals surface area contributed by atoms with Gasteiger partial charge in [-0.15, -0.1) is 0 Å². The number of halogens is 1. The number of nitrogens with zero attached hydrogens (tertiary/aromatic N) is 2. The first kappa shape index (κ1) is 14.5. The lowest BCUT2D eigenvalue weighted by Crippen LogP contribution is -2.29. The van der Waals surface area contributed by atoms with Crippen molar-refractivity contribution in [2.45, 2.75) is 19.5 Å². The van der Waals surface area contributed by atoms with Gasteiger partial charge in [-0.25, -0.2) is 0 Å². The van der Waals surface area contributed by atoms with Gasteiger partial charge in [-0.1, -0.05) is 60.1 Å². The summed E-state index contributed by atoms with van der Waals surface area (Å²) < 4.78 is 0. The number of rotatable bonds is 3. The first-order valence-corrected chi connectivity index (χ1v) is 8.26. The van der Waals surface area contributed by atoms with Gasteiger partial charge >= 0.3 is 0 Å². The molecule has 3 aromatic rings. The molecule has 0 atom stereocenters. The van der Waals surface area contributed by atoms with Crippen molar-refractivity contribution in [3.8, 4) is 11.3 Å². The molecule has 3 nitrogen and oxygen atoms in total. The molecule has 0 saturated heterocycles. The third-order valence-corrected chi connectivity index (χ3v) is 4.72. The van der Waals surface area contributed by atoms with Crippen molar-refractivity contribution in [1.29, 1.82) is 0 Å². The van der Waals surface area contributed by atoms with Crippen LogP contribution in [0.5, 0.6) is 0 Å². The predicted molar refractivity (Wildman–Crippen MR) is 93.3 cm³/mol. The van der Waals surface area contributed by atoms with Gasteiger partial charge in [-0.2, -0.15) is 5.10 Å². The van der Waals surface area contributed by atoms with Crippen molar-refractivity contribution in [3.05, 3.63) is 76.4 Å². The molecule has 0 spiro atoms. The molecule has 0 unspecified atom stereocenters. The molecule has 1 aromatic heterocycles. The third kappa shape index (κ3) is 2.90. The van der Waals surface area contributed by atoms with E-state index in [0.29, 0.717) is 0 Å². The summed E-state index contributed by atoms with van der Waals surface area (Å²) in [5.74, 6) is 0. The normalized spacial score (nSPS) is 14.7. The Bertz CT molecular complexity index is 810. The molecule has 1 aliphatic rings. The average molecular weight is 324 g/mol. The second kappa shape index (κ2) is 6.19. The van der Waals surface area contributed by atoms with Crippen LogP contribution in [0.25, 0.3) is 11.3 Å². The highest BCUT2D eigenvalue weighted by atomic mass is 35.5. The van der Waals surface area contributed by atoms with Gasteiger partial charge in [-0.3, -0.25) is 10.00 Å². The Balaban J connectivity index is 1.62. The Kier molecular flexibility index (Phi) is 3.90. The number of hydrogen-bond donors (Lipinski definition) is 1. The van der Waals surface area contributed by atoms with Gasteiger partial charge in [0, 0.05) is 42.9 Å². The number of fused-ring (bicyclic) bond motifs is 1. The number of aromatic amines is 1. The summed E-state index contributed by atoms with van der Waals surface area (Å²) in [4.78, 5) is 2.47. The summed E-state index contributed by atoms with van der Waals surface area (Å²) in [6.07, 6.45) is 1.000. The van der Waals surface area contributed by atoms with Crippen LogP contribution in [0.2, 0.25) is 5.02 Å². The summed E-state index contributed by atoms with van der Waals surface area (Å²) in [5, 5.41) is 8.49. The maximum atomic E-state index is 6.36. The Morgan fingerprint density at radius 3 is 2.65 bits per heavy atom. The summed E-state index contributed by atoms with van der Waals surface area (Å²) in [6, 6.07) is 18.5. The van der Waals surface area contributed by atoms with E-state index in [1.807, 2.05) is 24.3 Å². The minimum atomic E-state index is 0.752. The molecule has 0 aliphatic carbocycles. The fourth-order valence-electron chi connectivity index (χ4n) is 3.20. The molecule has 116 valence electrons. The van der Waals surface area contributed by atoms with Crippen molar-refractivity contribution in [3.63, 3.8) is 0 Å². The van der Waals surface area contributed by atoms with E-state index in [4.69, 9.17) is 11.6 Å². The third-order valence-electron chi connectivity index (χ3n) is 4.39. The number of hydrogen-bond acceptors (Lipinski definition) is 2. The van der Waals surface area contributed by atoms with Gasteiger partial charge in [0.2, 0.25) is 0 Å². The molecule has 0 bridgehead atoms. The highest BCUT2D eigenvalue weighted by Gasteiger charge is 2.23. The molecule has 1 aliphatic heterocycles. The summed E-state index contributed by atoms with van der Waals surface area (Å²) in [7, 11) is 0. The molecule has 0 radical (unpaired) electrons. The maximum Gasteiger partial charge on any atom is 0.0983 e. The van der Waals surface area contributed by atoms with Gasteiger partial charge in [0.25, 0.3) is 0 Å². The van der Waals surface area contributed by atoms with Crippen LogP contribution in [-0.4, -0.2) is 21.6 Å². The molecule has 0 fully saturated rings. The van der Waals surface area contributed by atoms with E-state index >= 15 is 0 Å². The lowest BCUT2D eigenvalue weighted by Gasteiger charge is -2.27. The van der Waals surface area contributed by atoms with Crippen LogP contribution < -0.4 is 0 Å². The fraction of sp³-hybridized carbons (Fsp3) is 0.211. The zero-order valence-corrected chi connectivity index (χ0v) is 13.6. The van der Waals surface area contributed by atoms with Gasteiger partial charge in [0.05, 0.1) is 10.7 Å². The van der Waals surface area contributed by atoms with Crippen LogP contribution >= 0.6 is 11.6 Å². The Hall–Kier alpha value is -2.10. The molecular weight excluding hydrogens is 306 g/mol. The van der Waals surface area contributed by atoms with Crippen LogP contribution in [0.1, 0.15) is 16.8 Å². The summed E-state index contributed by atoms with van der Waals surface area (Å²) >= 11 is 6.36. The maximum absolute atomic E-state index is 6.36. The first-order chi connectivity index (χ1) is 11.3. The van der Waals surface area contributed by atoms with Crippen molar-refractivity contribution in [2.24, 2.45) is 0 Å². The fourth-order valence-corrected chi connectivity index (χ4v) is 3.43. The van der Waals surface area contributed by atoms with Gasteiger partial charge < -0.3 is 0 Å². The smallest absolute Gasteiger partial charge is 0.0983 e. The van der Waals surface area contributed by atoms with Crippen LogP contribution in [0.3, 0.4) is 0 Å². The minimum absolute atomic E-state index is 0.752. The van der Waals surface area contributed by atoms with Crippen LogP contribution in [-0.2, 0) is 19.5 Å². The zero-order chi connectivity index (χ0) is 15.6. The lowest BCUT2D eigenvalue weighted by molar-refractivity contribution is 0.245. The molecule has 2 heterocycles. The number of aromatic nitrogens is 2. The van der Waals surface area contributed by atoms with E-state index < -0.39 is 0 Å². The number of benzene rings is 2. The van der Waals surface area contributed by atoms with Gasteiger partial charge in [0.15, 0.2) is 0 Å². The van der Waals surface area contributed by atoms with E-state index in [2.05, 4.69) is 45.4 Å². The van der Waals surface area contributed by atoms with Crippen LogP contribution in [0.4, 0.5) is 0 Å². The Morgan fingerprint density at radius 2 is 1.83 bits per heavy atom. The monoisotopic (exact) mass is 323 g/mol. The standard InChI is InChI=1S/C19H18ClN3/c20-17-9-5-4-8-15(17)19-16-13-23(11-10-18(16)21-22-19)12-14-6-2-1-3-7-14/h1-9H,10-13H2,(H,21,22). The minimum Gasteiger partial charge on any atom is -0.294 e. The van der Waals surface area contributed by atoms with E-state index in [9.17, 15) is 0 Å². The summed E-state index contributed by atoms with van der Waals surface area (Å²) in [5.41, 5.74) is 5.86. The Labute approximate surface area is 140 Å². The summed E-state index contributed by atoms with van der Waals surface area (Å²) in [6.45, 7) is 2.92. The van der Waals surface area contributed by atoms with Crippen LogP contribution in [0, 0.1) is 0 Å². The van der Waals surface area contributed by atoms with Crippen molar-refractivity contribution in [2.75, 3.05) is 6.54 Å². The SMILES string of the molecule is Clc1ccccc1-c1n[nH]c2c1CN(Cc1ccccc1)CC2. The predicted octanol–water partition coefficient (Wildman–Crippen LogP) is 4.29. The molecule has 4 heteroatoms. The van der Waals surface area contributed by atoms with E-state index in [1.165, 1.54) is 16.8 Å². The lowest BCUT2D eigenvalue weighted by atomic mass is 10.0. The van der Waals surface area contributed by atoms with Crippen molar-refractivity contribution in [1.82, 2.24) is 15.1 Å². The second-order valence-corrected chi connectivity index (χ2v) is 6.36. The molecule has 1 N–H and O–H groups in total. The Morgan fingerprint density at radius 1 is 1.04 bits per heavy atom. The van der Waals surface area contributed by atoms with E-state index in [1.54, 1.807) is 0 Å². The number of H-pyrrole nitrogens is 1. The zero-order valence-electron chi connectivity index (χ0n) is 12.8. The van der Waals surface area contributed by atoms with Gasteiger partial charge in [0.1, 0.15) is 0 Å². The van der Waals surface area contributed by atoms with E-state index in [-0.39, 0.29) is 0 Å². The largest absolute Gasteiger partial charge is 0.294 e. The number of nitrogens with one attached hydrogen (secondary N) is 1. The van der Waals surface area contributed by atoms with Crippen LogP contribution in [0.15, 0.2) is 54.6 Å². The average Bonchev–Trinajstić information content (AvgIpc) is 2.99. The highest BCUT2D eigenvalue weighted by molar-refractivity contribution is 6.33. The first-order valence-electron chi connectivity index (χ1n) is 7.88. The second-order valence-electron chi connectivity index (χ2n) is 5.96. The molecule has 4 rings (SSSR count). The highest BCUT2D eigenvalue weighted by Crippen LogP contribution is 2.32.